The molecule has 1 fully saturated rings. The maximum absolute atomic E-state index is 14.0. The van der Waals surface area contributed by atoms with Crippen LogP contribution < -0.4 is 4.90 Å². The highest BCUT2D eigenvalue weighted by Crippen LogP contribution is 2.32. The Labute approximate surface area is 167 Å². The quantitative estimate of drug-likeness (QED) is 0.691. The van der Waals surface area contributed by atoms with Gasteiger partial charge in [-0.15, -0.1) is 0 Å². The largest absolute Gasteiger partial charge is 0.368 e. The van der Waals surface area contributed by atoms with Crippen molar-refractivity contribution in [2.45, 2.75) is 11.8 Å². The number of benzene rings is 2. The third kappa shape index (κ3) is 3.82. The summed E-state index contributed by atoms with van der Waals surface area (Å²) in [5, 5.41) is 0.128. The number of carbonyl (C=O) groups excluding carboxylic acids is 1. The first kappa shape index (κ1) is 20.1. The van der Waals surface area contributed by atoms with Crippen molar-refractivity contribution in [1.29, 1.82) is 0 Å². The fourth-order valence-corrected chi connectivity index (χ4v) is 5.67. The molecule has 0 aliphatic carbocycles. The number of rotatable bonds is 4. The van der Waals surface area contributed by atoms with Gasteiger partial charge >= 0.3 is 0 Å². The predicted molar refractivity (Wildman–Crippen MR) is 104 cm³/mol. The van der Waals surface area contributed by atoms with Crippen LogP contribution in [-0.4, -0.2) is 44.7 Å². The fourth-order valence-electron chi connectivity index (χ4n) is 3.15. The summed E-state index contributed by atoms with van der Waals surface area (Å²) >= 11 is 12.1. The van der Waals surface area contributed by atoms with E-state index in [0.717, 1.165) is 0 Å². The van der Waals surface area contributed by atoms with E-state index in [1.54, 1.807) is 17.0 Å². The molecule has 5 nitrogen and oxygen atoms in total. The van der Waals surface area contributed by atoms with Gasteiger partial charge in [0.05, 0.1) is 21.3 Å². The van der Waals surface area contributed by atoms with Crippen molar-refractivity contribution in [3.05, 3.63) is 57.8 Å². The van der Waals surface area contributed by atoms with Gasteiger partial charge in [-0.2, -0.15) is 4.31 Å². The Bertz CT molecular complexity index is 970. The van der Waals surface area contributed by atoms with E-state index in [1.807, 2.05) is 0 Å². The van der Waals surface area contributed by atoms with Crippen LogP contribution in [-0.2, 0) is 10.0 Å². The summed E-state index contributed by atoms with van der Waals surface area (Å²) in [5.41, 5.74) is 0.485. The number of anilines is 1. The molecular weight excluding hydrogens is 414 g/mol. The van der Waals surface area contributed by atoms with Gasteiger partial charge in [-0.1, -0.05) is 35.3 Å². The molecule has 1 aliphatic rings. The molecule has 0 amide bonds. The molecule has 0 unspecified atom stereocenters. The van der Waals surface area contributed by atoms with Crippen LogP contribution in [0.15, 0.2) is 41.3 Å². The Morgan fingerprint density at radius 2 is 1.56 bits per heavy atom. The Morgan fingerprint density at radius 3 is 2.11 bits per heavy atom. The summed E-state index contributed by atoms with van der Waals surface area (Å²) in [7, 11) is -3.86. The van der Waals surface area contributed by atoms with Gasteiger partial charge in [0.1, 0.15) is 10.7 Å². The first-order valence-corrected chi connectivity index (χ1v) is 10.4. The second-order valence-corrected chi connectivity index (χ2v) is 8.82. The molecule has 1 heterocycles. The Balaban J connectivity index is 1.84. The number of piperazine rings is 1. The fraction of sp³-hybridized carbons (Fsp3) is 0.278. The second kappa shape index (κ2) is 7.75. The van der Waals surface area contributed by atoms with Crippen molar-refractivity contribution in [3.63, 3.8) is 0 Å². The molecule has 0 spiro atoms. The van der Waals surface area contributed by atoms with E-state index in [9.17, 15) is 17.6 Å². The summed E-state index contributed by atoms with van der Waals surface area (Å²) in [4.78, 5) is 13.5. The molecular formula is C18H17Cl2FN2O3S. The molecule has 0 N–H and O–H groups in total. The number of hydrogen-bond donors (Lipinski definition) is 0. The number of sulfonamides is 1. The first-order valence-electron chi connectivity index (χ1n) is 8.22. The molecule has 2 aromatic rings. The average molecular weight is 431 g/mol. The number of Topliss-reactive ketones (excluding diaryl/α,β-unsaturated/α-hetero) is 1. The standard InChI is InChI=1S/C18H17Cl2FN2O3S/c1-12(24)17-15(21)6-3-7-16(17)22-8-10-23(11-9-22)27(25,26)18-13(19)4-2-5-14(18)20/h2-7H,8-11H2,1H3. The van der Waals surface area contributed by atoms with Crippen LogP contribution in [0.5, 0.6) is 0 Å². The van der Waals surface area contributed by atoms with E-state index in [-0.39, 0.29) is 39.4 Å². The summed E-state index contributed by atoms with van der Waals surface area (Å²) < 4.78 is 41.2. The van der Waals surface area contributed by atoms with Gasteiger partial charge in [0.25, 0.3) is 0 Å². The highest BCUT2D eigenvalue weighted by atomic mass is 35.5. The highest BCUT2D eigenvalue weighted by Gasteiger charge is 2.32. The average Bonchev–Trinajstić information content (AvgIpc) is 2.61. The smallest absolute Gasteiger partial charge is 0.246 e. The molecule has 0 radical (unpaired) electrons. The Kier molecular flexibility index (Phi) is 5.76. The lowest BCUT2D eigenvalue weighted by Crippen LogP contribution is -2.49. The minimum absolute atomic E-state index is 0.0166. The van der Waals surface area contributed by atoms with Crippen LogP contribution in [0.2, 0.25) is 10.0 Å². The number of nitrogens with zero attached hydrogens (tertiary/aromatic N) is 2. The highest BCUT2D eigenvalue weighted by molar-refractivity contribution is 7.89. The molecule has 0 saturated carbocycles. The van der Waals surface area contributed by atoms with E-state index in [4.69, 9.17) is 23.2 Å². The number of carbonyl (C=O) groups is 1. The lowest BCUT2D eigenvalue weighted by molar-refractivity contribution is 0.101. The van der Waals surface area contributed by atoms with Crippen LogP contribution in [0.25, 0.3) is 0 Å². The van der Waals surface area contributed by atoms with Crippen molar-refractivity contribution >= 4 is 44.7 Å². The number of halogens is 3. The van der Waals surface area contributed by atoms with Crippen molar-refractivity contribution in [2.75, 3.05) is 31.1 Å². The van der Waals surface area contributed by atoms with Crippen molar-refractivity contribution < 1.29 is 17.6 Å². The topological polar surface area (TPSA) is 57.7 Å². The van der Waals surface area contributed by atoms with Crippen LogP contribution in [0.3, 0.4) is 0 Å². The van der Waals surface area contributed by atoms with Gasteiger partial charge in [0, 0.05) is 26.2 Å². The molecule has 3 rings (SSSR count). The van der Waals surface area contributed by atoms with Gasteiger partial charge in [-0.25, -0.2) is 12.8 Å². The third-order valence-electron chi connectivity index (χ3n) is 4.44. The van der Waals surface area contributed by atoms with Crippen LogP contribution in [0.4, 0.5) is 10.1 Å². The number of ketones is 1. The zero-order valence-corrected chi connectivity index (χ0v) is 16.8. The maximum Gasteiger partial charge on any atom is 0.246 e. The van der Waals surface area contributed by atoms with Crippen molar-refractivity contribution in [2.24, 2.45) is 0 Å². The maximum atomic E-state index is 14.0. The lowest BCUT2D eigenvalue weighted by atomic mass is 10.1. The zero-order chi connectivity index (χ0) is 19.8. The molecule has 2 aromatic carbocycles. The first-order chi connectivity index (χ1) is 12.7. The van der Waals surface area contributed by atoms with Crippen LogP contribution in [0.1, 0.15) is 17.3 Å². The molecule has 9 heteroatoms. The summed E-state index contributed by atoms with van der Waals surface area (Å²) in [6, 6.07) is 8.96. The minimum Gasteiger partial charge on any atom is -0.368 e. The second-order valence-electron chi connectivity index (χ2n) is 6.13. The molecule has 0 aromatic heterocycles. The van der Waals surface area contributed by atoms with E-state index in [1.165, 1.54) is 35.5 Å². The summed E-state index contributed by atoms with van der Waals surface area (Å²) in [6.07, 6.45) is 0. The van der Waals surface area contributed by atoms with Gasteiger partial charge in [0.2, 0.25) is 10.0 Å². The monoisotopic (exact) mass is 430 g/mol. The molecule has 0 bridgehead atoms. The molecule has 1 saturated heterocycles. The summed E-state index contributed by atoms with van der Waals surface area (Å²) in [6.45, 7) is 2.26. The molecule has 0 atom stereocenters. The van der Waals surface area contributed by atoms with Gasteiger partial charge < -0.3 is 4.90 Å². The normalized spacial score (nSPS) is 15.8. The zero-order valence-electron chi connectivity index (χ0n) is 14.5. The minimum atomic E-state index is -3.86. The Hall–Kier alpha value is -1.67. The molecule has 144 valence electrons. The van der Waals surface area contributed by atoms with Gasteiger partial charge in [0.15, 0.2) is 5.78 Å². The summed E-state index contributed by atoms with van der Waals surface area (Å²) in [5.74, 6) is -0.959. The van der Waals surface area contributed by atoms with Crippen LogP contribution >= 0.6 is 23.2 Å². The van der Waals surface area contributed by atoms with E-state index < -0.39 is 15.8 Å². The van der Waals surface area contributed by atoms with E-state index >= 15 is 0 Å². The third-order valence-corrected chi connectivity index (χ3v) is 7.29. The van der Waals surface area contributed by atoms with E-state index in [0.29, 0.717) is 18.8 Å². The lowest BCUT2D eigenvalue weighted by Gasteiger charge is -2.36. The Morgan fingerprint density at radius 1 is 1.00 bits per heavy atom. The van der Waals surface area contributed by atoms with Crippen molar-refractivity contribution in [1.82, 2.24) is 4.31 Å². The molecule has 27 heavy (non-hydrogen) atoms. The van der Waals surface area contributed by atoms with Gasteiger partial charge in [-0.05, 0) is 31.2 Å². The van der Waals surface area contributed by atoms with Gasteiger partial charge in [-0.3, -0.25) is 4.79 Å². The predicted octanol–water partition coefficient (Wildman–Crippen LogP) is 3.85. The van der Waals surface area contributed by atoms with Crippen LogP contribution in [0, 0.1) is 5.82 Å². The SMILES string of the molecule is CC(=O)c1c(F)cccc1N1CCN(S(=O)(=O)c2c(Cl)cccc2Cl)CC1. The number of hydrogen-bond acceptors (Lipinski definition) is 4. The van der Waals surface area contributed by atoms with Crippen molar-refractivity contribution in [3.8, 4) is 0 Å². The van der Waals surface area contributed by atoms with E-state index in [2.05, 4.69) is 0 Å². The molecule has 1 aliphatic heterocycles.